The third-order valence-electron chi connectivity index (χ3n) is 2.62. The lowest BCUT2D eigenvalue weighted by molar-refractivity contribution is 0.630. The summed E-state index contributed by atoms with van der Waals surface area (Å²) in [6, 6.07) is 12.9. The second-order valence-corrected chi connectivity index (χ2v) is 5.03. The van der Waals surface area contributed by atoms with E-state index < -0.39 is 0 Å². The molecule has 0 saturated heterocycles. The predicted molar refractivity (Wildman–Crippen MR) is 69.8 cm³/mol. The lowest BCUT2D eigenvalue weighted by Gasteiger charge is -1.96. The molecule has 3 rings (SSSR count). The molecule has 3 heteroatoms. The Kier molecular flexibility index (Phi) is 2.41. The summed E-state index contributed by atoms with van der Waals surface area (Å²) < 4.78 is 14.0. The minimum absolute atomic E-state index is 0.211. The number of benzene rings is 2. The third-order valence-corrected chi connectivity index (χ3v) is 3.68. The molecule has 2 aromatic carbocycles. The Hall–Kier alpha value is -1.74. The van der Waals surface area contributed by atoms with Gasteiger partial charge < -0.3 is 0 Å². The topological polar surface area (TPSA) is 12.9 Å². The fraction of sp³-hybridized carbons (Fsp3) is 0.0714. The van der Waals surface area contributed by atoms with Crippen molar-refractivity contribution in [2.24, 2.45) is 0 Å². The molecule has 0 spiro atoms. The van der Waals surface area contributed by atoms with Gasteiger partial charge in [-0.15, -0.1) is 11.3 Å². The minimum Gasteiger partial charge on any atom is -0.236 e. The summed E-state index contributed by atoms with van der Waals surface area (Å²) in [5.41, 5.74) is 3.15. The van der Waals surface area contributed by atoms with E-state index in [-0.39, 0.29) is 5.82 Å². The maximum Gasteiger partial charge on any atom is 0.124 e. The Morgan fingerprint density at radius 2 is 2.00 bits per heavy atom. The first-order chi connectivity index (χ1) is 8.22. The Balaban J connectivity index is 2.18. The largest absolute Gasteiger partial charge is 0.236 e. The Morgan fingerprint density at radius 3 is 2.82 bits per heavy atom. The summed E-state index contributed by atoms with van der Waals surface area (Å²) in [6.45, 7) is 2.05. The first kappa shape index (κ1) is 10.4. The van der Waals surface area contributed by atoms with Crippen LogP contribution in [0.3, 0.4) is 0 Å². The van der Waals surface area contributed by atoms with E-state index in [4.69, 9.17) is 0 Å². The van der Waals surface area contributed by atoms with Crippen LogP contribution in [0, 0.1) is 12.7 Å². The van der Waals surface area contributed by atoms with Gasteiger partial charge in [-0.25, -0.2) is 9.37 Å². The number of hydrogen-bond acceptors (Lipinski definition) is 2. The lowest BCUT2D eigenvalue weighted by atomic mass is 10.1. The molecule has 0 aliphatic rings. The first-order valence-corrected chi connectivity index (χ1v) is 6.17. The zero-order chi connectivity index (χ0) is 11.8. The number of aryl methyl sites for hydroxylation is 1. The van der Waals surface area contributed by atoms with Crippen molar-refractivity contribution >= 4 is 21.6 Å². The Bertz CT molecular complexity index is 688. The van der Waals surface area contributed by atoms with Crippen molar-refractivity contribution in [1.82, 2.24) is 4.98 Å². The molecule has 0 bridgehead atoms. The highest BCUT2D eigenvalue weighted by Gasteiger charge is 2.06. The van der Waals surface area contributed by atoms with Gasteiger partial charge in [-0.1, -0.05) is 23.8 Å². The van der Waals surface area contributed by atoms with Crippen LogP contribution in [-0.4, -0.2) is 4.98 Å². The van der Waals surface area contributed by atoms with Gasteiger partial charge in [0.2, 0.25) is 0 Å². The van der Waals surface area contributed by atoms with Crippen LogP contribution in [-0.2, 0) is 0 Å². The van der Waals surface area contributed by atoms with Crippen molar-refractivity contribution in [1.29, 1.82) is 0 Å². The second kappa shape index (κ2) is 3.93. The fourth-order valence-corrected chi connectivity index (χ4v) is 2.79. The van der Waals surface area contributed by atoms with Crippen molar-refractivity contribution < 1.29 is 4.39 Å². The summed E-state index contributed by atoms with van der Waals surface area (Å²) in [6.07, 6.45) is 0. The molecule has 0 unspecified atom stereocenters. The van der Waals surface area contributed by atoms with E-state index in [9.17, 15) is 4.39 Å². The van der Waals surface area contributed by atoms with Crippen LogP contribution in [0.4, 0.5) is 4.39 Å². The van der Waals surface area contributed by atoms with Crippen molar-refractivity contribution in [2.45, 2.75) is 6.92 Å². The highest BCUT2D eigenvalue weighted by Crippen LogP contribution is 2.30. The molecule has 1 heterocycles. The highest BCUT2D eigenvalue weighted by atomic mass is 32.1. The van der Waals surface area contributed by atoms with Gasteiger partial charge in [0.25, 0.3) is 0 Å². The van der Waals surface area contributed by atoms with E-state index in [1.165, 1.54) is 29.0 Å². The summed E-state index contributed by atoms with van der Waals surface area (Å²) in [4.78, 5) is 4.52. The maximum absolute atomic E-state index is 13.1. The normalized spacial score (nSPS) is 10.9. The summed E-state index contributed by atoms with van der Waals surface area (Å²) >= 11 is 1.52. The second-order valence-electron chi connectivity index (χ2n) is 4.00. The average Bonchev–Trinajstić information content (AvgIpc) is 2.72. The molecule has 0 saturated carbocycles. The average molecular weight is 243 g/mol. The van der Waals surface area contributed by atoms with E-state index in [2.05, 4.69) is 24.0 Å². The highest BCUT2D eigenvalue weighted by molar-refractivity contribution is 7.21. The molecule has 0 aliphatic carbocycles. The zero-order valence-electron chi connectivity index (χ0n) is 9.27. The lowest BCUT2D eigenvalue weighted by Crippen LogP contribution is -1.77. The third kappa shape index (κ3) is 1.94. The fourth-order valence-electron chi connectivity index (χ4n) is 1.80. The Labute approximate surface area is 103 Å². The van der Waals surface area contributed by atoms with E-state index in [0.29, 0.717) is 0 Å². The maximum atomic E-state index is 13.1. The summed E-state index contributed by atoms with van der Waals surface area (Å²) in [7, 11) is 0. The van der Waals surface area contributed by atoms with Gasteiger partial charge in [-0.3, -0.25) is 0 Å². The quantitative estimate of drug-likeness (QED) is 0.617. The van der Waals surface area contributed by atoms with Crippen molar-refractivity contribution in [3.8, 4) is 10.6 Å². The number of hydrogen-bond donors (Lipinski definition) is 0. The molecular weight excluding hydrogens is 233 g/mol. The predicted octanol–water partition coefficient (Wildman–Crippen LogP) is 4.41. The van der Waals surface area contributed by atoms with Crippen LogP contribution in [0.2, 0.25) is 0 Å². The number of nitrogens with zero attached hydrogens (tertiary/aromatic N) is 1. The monoisotopic (exact) mass is 243 g/mol. The molecule has 1 nitrogen and oxygen atoms in total. The van der Waals surface area contributed by atoms with Gasteiger partial charge in [-0.2, -0.15) is 0 Å². The molecule has 84 valence electrons. The molecule has 1 aromatic heterocycles. The van der Waals surface area contributed by atoms with E-state index in [1.54, 1.807) is 6.07 Å². The van der Waals surface area contributed by atoms with Crippen molar-refractivity contribution in [3.63, 3.8) is 0 Å². The first-order valence-electron chi connectivity index (χ1n) is 5.35. The molecule has 0 N–H and O–H groups in total. The summed E-state index contributed by atoms with van der Waals surface area (Å²) in [5.74, 6) is -0.211. The number of rotatable bonds is 1. The molecular formula is C14H10FNS. The van der Waals surface area contributed by atoms with Gasteiger partial charge >= 0.3 is 0 Å². The number of halogens is 1. The smallest absolute Gasteiger partial charge is 0.124 e. The van der Waals surface area contributed by atoms with Crippen LogP contribution in [0.5, 0.6) is 0 Å². The number of aromatic nitrogens is 1. The molecule has 0 fully saturated rings. The van der Waals surface area contributed by atoms with Gasteiger partial charge in [0.15, 0.2) is 0 Å². The van der Waals surface area contributed by atoms with Crippen LogP contribution < -0.4 is 0 Å². The van der Waals surface area contributed by atoms with Crippen LogP contribution in [0.15, 0.2) is 42.5 Å². The standard InChI is InChI=1S/C14H10FNS/c1-9-3-2-4-10(7-9)14-16-12-6-5-11(15)8-13(12)17-14/h2-8H,1H3. The van der Waals surface area contributed by atoms with Crippen LogP contribution in [0.25, 0.3) is 20.8 Å². The molecule has 0 atom stereocenters. The zero-order valence-corrected chi connectivity index (χ0v) is 10.1. The van der Waals surface area contributed by atoms with Gasteiger partial charge in [0.05, 0.1) is 10.2 Å². The van der Waals surface area contributed by atoms with Gasteiger partial charge in [0, 0.05) is 5.56 Å². The number of thiazole rings is 1. The van der Waals surface area contributed by atoms with Crippen molar-refractivity contribution in [3.05, 3.63) is 53.8 Å². The Morgan fingerprint density at radius 1 is 1.12 bits per heavy atom. The molecule has 17 heavy (non-hydrogen) atoms. The van der Waals surface area contributed by atoms with E-state index >= 15 is 0 Å². The SMILES string of the molecule is Cc1cccc(-c2nc3ccc(F)cc3s2)c1. The van der Waals surface area contributed by atoms with E-state index in [1.807, 2.05) is 12.1 Å². The van der Waals surface area contributed by atoms with Gasteiger partial charge in [-0.05, 0) is 31.2 Å². The molecule has 0 aliphatic heterocycles. The van der Waals surface area contributed by atoms with E-state index in [0.717, 1.165) is 20.8 Å². The van der Waals surface area contributed by atoms with Crippen LogP contribution >= 0.6 is 11.3 Å². The minimum atomic E-state index is -0.211. The molecule has 0 radical (unpaired) electrons. The van der Waals surface area contributed by atoms with Crippen molar-refractivity contribution in [2.75, 3.05) is 0 Å². The summed E-state index contributed by atoms with van der Waals surface area (Å²) in [5, 5.41) is 0.939. The van der Waals surface area contributed by atoms with Gasteiger partial charge in [0.1, 0.15) is 10.8 Å². The van der Waals surface area contributed by atoms with Crippen LogP contribution in [0.1, 0.15) is 5.56 Å². The number of fused-ring (bicyclic) bond motifs is 1. The molecule has 0 amide bonds. The molecule has 3 aromatic rings.